The summed E-state index contributed by atoms with van der Waals surface area (Å²) in [6.07, 6.45) is 1.45. The molecule has 1 aromatic rings. The van der Waals surface area contributed by atoms with Crippen LogP contribution in [0.1, 0.15) is 37.4 Å². The van der Waals surface area contributed by atoms with Gasteiger partial charge in [0.2, 0.25) is 5.91 Å². The zero-order valence-electron chi connectivity index (χ0n) is 12.8. The highest BCUT2D eigenvalue weighted by molar-refractivity contribution is 5.80. The Labute approximate surface area is 125 Å². The number of likely N-dealkylation sites (N-methyl/N-ethyl adjacent to an activating group) is 1. The maximum absolute atomic E-state index is 11.9. The molecule has 0 radical (unpaired) electrons. The number of benzene rings is 1. The smallest absolute Gasteiger partial charge is 0.224 e. The van der Waals surface area contributed by atoms with Gasteiger partial charge in [0.1, 0.15) is 17.6 Å². The first-order valence-electron chi connectivity index (χ1n) is 7.48. The predicted octanol–water partition coefficient (Wildman–Crippen LogP) is 1.64. The van der Waals surface area contributed by atoms with Gasteiger partial charge < -0.3 is 20.1 Å². The van der Waals surface area contributed by atoms with Crippen molar-refractivity contribution in [3.63, 3.8) is 0 Å². The molecule has 0 spiro atoms. The normalized spacial score (nSPS) is 27.7. The summed E-state index contributed by atoms with van der Waals surface area (Å²) in [5.74, 6) is 1.78. The summed E-state index contributed by atoms with van der Waals surface area (Å²) in [5, 5.41) is 0. The van der Waals surface area contributed by atoms with Crippen molar-refractivity contribution in [3.05, 3.63) is 23.3 Å². The van der Waals surface area contributed by atoms with E-state index in [-0.39, 0.29) is 24.1 Å². The zero-order valence-corrected chi connectivity index (χ0v) is 12.8. The SMILES string of the molecule is CCOc1cc2c(cc1C1C(N)CC(=O)N1C)OC(C)C2. The third kappa shape index (κ3) is 2.35. The summed E-state index contributed by atoms with van der Waals surface area (Å²) >= 11 is 0. The Morgan fingerprint density at radius 3 is 2.81 bits per heavy atom. The quantitative estimate of drug-likeness (QED) is 0.919. The fourth-order valence-electron chi connectivity index (χ4n) is 3.31. The molecule has 1 fully saturated rings. The number of nitrogens with zero attached hydrogens (tertiary/aromatic N) is 1. The number of carbonyl (C=O) groups excluding carboxylic acids is 1. The number of hydrogen-bond donors (Lipinski definition) is 1. The van der Waals surface area contributed by atoms with E-state index in [1.54, 1.807) is 11.9 Å². The molecule has 1 amide bonds. The van der Waals surface area contributed by atoms with Gasteiger partial charge in [-0.15, -0.1) is 0 Å². The van der Waals surface area contributed by atoms with Crippen molar-refractivity contribution in [3.8, 4) is 11.5 Å². The summed E-state index contributed by atoms with van der Waals surface area (Å²) in [6, 6.07) is 3.69. The molecular weight excluding hydrogens is 268 g/mol. The van der Waals surface area contributed by atoms with E-state index < -0.39 is 0 Å². The van der Waals surface area contributed by atoms with Crippen molar-refractivity contribution in [2.75, 3.05) is 13.7 Å². The summed E-state index contributed by atoms with van der Waals surface area (Å²) in [4.78, 5) is 13.6. The summed E-state index contributed by atoms with van der Waals surface area (Å²) in [7, 11) is 1.80. The Morgan fingerprint density at radius 1 is 1.43 bits per heavy atom. The number of nitrogens with two attached hydrogens (primary N) is 1. The molecule has 0 aliphatic carbocycles. The Balaban J connectivity index is 2.05. The second kappa shape index (κ2) is 5.22. The molecule has 0 saturated carbocycles. The molecule has 2 aliphatic rings. The van der Waals surface area contributed by atoms with Gasteiger partial charge in [0.25, 0.3) is 0 Å². The van der Waals surface area contributed by atoms with Crippen LogP contribution in [0.3, 0.4) is 0 Å². The third-order valence-corrected chi connectivity index (χ3v) is 4.27. The molecule has 1 aromatic carbocycles. The van der Waals surface area contributed by atoms with Gasteiger partial charge in [-0.2, -0.15) is 0 Å². The fraction of sp³-hybridized carbons (Fsp3) is 0.562. The van der Waals surface area contributed by atoms with E-state index in [2.05, 4.69) is 6.92 Å². The number of hydrogen-bond acceptors (Lipinski definition) is 4. The molecule has 0 aromatic heterocycles. The Hall–Kier alpha value is -1.75. The molecule has 21 heavy (non-hydrogen) atoms. The van der Waals surface area contributed by atoms with Crippen LogP contribution in [0.2, 0.25) is 0 Å². The zero-order chi connectivity index (χ0) is 15.1. The van der Waals surface area contributed by atoms with E-state index in [1.165, 1.54) is 0 Å². The fourth-order valence-corrected chi connectivity index (χ4v) is 3.31. The Bertz CT molecular complexity index is 573. The molecule has 2 heterocycles. The third-order valence-electron chi connectivity index (χ3n) is 4.27. The van der Waals surface area contributed by atoms with Crippen LogP contribution in [-0.2, 0) is 11.2 Å². The predicted molar refractivity (Wildman–Crippen MR) is 79.5 cm³/mol. The number of carbonyl (C=O) groups is 1. The van der Waals surface area contributed by atoms with Crippen molar-refractivity contribution in [2.45, 2.75) is 44.9 Å². The van der Waals surface area contributed by atoms with Gasteiger partial charge in [-0.25, -0.2) is 0 Å². The van der Waals surface area contributed by atoms with Crippen molar-refractivity contribution >= 4 is 5.91 Å². The van der Waals surface area contributed by atoms with Crippen LogP contribution in [-0.4, -0.2) is 36.6 Å². The average molecular weight is 290 g/mol. The average Bonchev–Trinajstić information content (AvgIpc) is 2.89. The molecule has 114 valence electrons. The van der Waals surface area contributed by atoms with Crippen LogP contribution in [0.4, 0.5) is 0 Å². The molecule has 0 bridgehead atoms. The molecule has 5 nitrogen and oxygen atoms in total. The van der Waals surface area contributed by atoms with Crippen LogP contribution in [0, 0.1) is 0 Å². The summed E-state index contributed by atoms with van der Waals surface area (Å²) < 4.78 is 11.6. The molecule has 3 atom stereocenters. The largest absolute Gasteiger partial charge is 0.493 e. The molecular formula is C16H22N2O3. The Kier molecular flexibility index (Phi) is 3.53. The molecule has 3 unspecified atom stereocenters. The van der Waals surface area contributed by atoms with Crippen LogP contribution in [0.25, 0.3) is 0 Å². The lowest BCUT2D eigenvalue weighted by Gasteiger charge is -2.26. The van der Waals surface area contributed by atoms with E-state index >= 15 is 0 Å². The van der Waals surface area contributed by atoms with Crippen LogP contribution < -0.4 is 15.2 Å². The first-order valence-corrected chi connectivity index (χ1v) is 7.48. The van der Waals surface area contributed by atoms with Crippen molar-refractivity contribution in [1.82, 2.24) is 4.90 Å². The first kappa shape index (κ1) is 14.2. The second-order valence-corrected chi connectivity index (χ2v) is 5.88. The van der Waals surface area contributed by atoms with E-state index in [4.69, 9.17) is 15.2 Å². The minimum atomic E-state index is -0.210. The first-order chi connectivity index (χ1) is 10.0. The number of fused-ring (bicyclic) bond motifs is 1. The topological polar surface area (TPSA) is 64.8 Å². The second-order valence-electron chi connectivity index (χ2n) is 5.88. The summed E-state index contributed by atoms with van der Waals surface area (Å²) in [6.45, 7) is 4.60. The monoisotopic (exact) mass is 290 g/mol. The maximum atomic E-state index is 11.9. The molecule has 1 saturated heterocycles. The van der Waals surface area contributed by atoms with Gasteiger partial charge in [0, 0.05) is 37.1 Å². The number of amides is 1. The minimum Gasteiger partial charge on any atom is -0.493 e. The van der Waals surface area contributed by atoms with E-state index in [0.717, 1.165) is 29.0 Å². The lowest BCUT2D eigenvalue weighted by Crippen LogP contribution is -2.30. The molecule has 2 N–H and O–H groups in total. The van der Waals surface area contributed by atoms with Crippen LogP contribution in [0.5, 0.6) is 11.5 Å². The number of likely N-dealkylation sites (tertiary alicyclic amines) is 1. The van der Waals surface area contributed by atoms with Crippen LogP contribution in [0.15, 0.2) is 12.1 Å². The van der Waals surface area contributed by atoms with Gasteiger partial charge in [-0.05, 0) is 26.0 Å². The van der Waals surface area contributed by atoms with Crippen molar-refractivity contribution in [1.29, 1.82) is 0 Å². The maximum Gasteiger partial charge on any atom is 0.224 e. The lowest BCUT2D eigenvalue weighted by atomic mass is 9.97. The van der Waals surface area contributed by atoms with E-state index in [9.17, 15) is 4.79 Å². The molecule has 3 rings (SSSR count). The van der Waals surface area contributed by atoms with Gasteiger partial charge in [-0.1, -0.05) is 0 Å². The highest BCUT2D eigenvalue weighted by Crippen LogP contribution is 2.42. The van der Waals surface area contributed by atoms with Crippen molar-refractivity contribution in [2.24, 2.45) is 5.73 Å². The Morgan fingerprint density at radius 2 is 2.19 bits per heavy atom. The molecule has 5 heteroatoms. The minimum absolute atomic E-state index is 0.0738. The van der Waals surface area contributed by atoms with E-state index in [0.29, 0.717) is 13.0 Å². The number of ether oxygens (including phenoxy) is 2. The van der Waals surface area contributed by atoms with Gasteiger partial charge in [-0.3, -0.25) is 4.79 Å². The van der Waals surface area contributed by atoms with Gasteiger partial charge in [0.15, 0.2) is 0 Å². The van der Waals surface area contributed by atoms with Gasteiger partial charge in [0.05, 0.1) is 12.6 Å². The highest BCUT2D eigenvalue weighted by Gasteiger charge is 2.38. The standard InChI is InChI=1S/C16H22N2O3/c1-4-20-14-6-10-5-9(2)21-13(10)7-11(14)16-12(17)8-15(19)18(16)3/h6-7,9,12,16H,4-5,8,17H2,1-3H3. The lowest BCUT2D eigenvalue weighted by molar-refractivity contribution is -0.127. The van der Waals surface area contributed by atoms with Crippen molar-refractivity contribution < 1.29 is 14.3 Å². The van der Waals surface area contributed by atoms with Crippen LogP contribution >= 0.6 is 0 Å². The summed E-state index contributed by atoms with van der Waals surface area (Å²) in [5.41, 5.74) is 8.28. The highest BCUT2D eigenvalue weighted by atomic mass is 16.5. The molecule has 2 aliphatic heterocycles. The van der Waals surface area contributed by atoms with E-state index in [1.807, 2.05) is 19.1 Å². The number of rotatable bonds is 3. The van der Waals surface area contributed by atoms with Gasteiger partial charge >= 0.3 is 0 Å².